The molecule has 4 aromatic rings. The molecule has 174 valence electrons. The number of rotatable bonds is 6. The van der Waals surface area contributed by atoms with E-state index >= 15 is 0 Å². The Morgan fingerprint density at radius 1 is 0.857 bits per heavy atom. The summed E-state index contributed by atoms with van der Waals surface area (Å²) in [6.45, 7) is 0. The molecule has 1 aromatic heterocycles. The predicted molar refractivity (Wildman–Crippen MR) is 132 cm³/mol. The fourth-order valence-electron chi connectivity index (χ4n) is 3.77. The van der Waals surface area contributed by atoms with E-state index in [9.17, 15) is 14.4 Å². The van der Waals surface area contributed by atoms with Gasteiger partial charge in [-0.3, -0.25) is 19.4 Å². The van der Waals surface area contributed by atoms with Crippen molar-refractivity contribution in [3.63, 3.8) is 0 Å². The van der Waals surface area contributed by atoms with Crippen LogP contribution in [0.5, 0.6) is 11.5 Å². The lowest BCUT2D eigenvalue weighted by molar-refractivity contribution is -0.123. The fraction of sp³-hybridized carbons (Fsp3) is 0.0769. The summed E-state index contributed by atoms with van der Waals surface area (Å²) in [5, 5.41) is 8.36. The minimum Gasteiger partial charge on any atom is -0.457 e. The van der Waals surface area contributed by atoms with Gasteiger partial charge in [0.15, 0.2) is 0 Å². The molecule has 0 saturated carbocycles. The Labute approximate surface area is 200 Å². The van der Waals surface area contributed by atoms with Gasteiger partial charge >= 0.3 is 0 Å². The number of fused-ring (bicyclic) bond motifs is 1. The second-order valence-electron chi connectivity index (χ2n) is 7.90. The maximum Gasteiger partial charge on any atom is 0.258 e. The molecule has 9 heteroatoms. The van der Waals surface area contributed by atoms with Crippen LogP contribution >= 0.6 is 0 Å². The smallest absolute Gasteiger partial charge is 0.258 e. The van der Waals surface area contributed by atoms with Crippen LogP contribution in [-0.2, 0) is 9.59 Å². The highest BCUT2D eigenvalue weighted by molar-refractivity contribution is 6.04. The van der Waals surface area contributed by atoms with Crippen molar-refractivity contribution in [3.05, 3.63) is 101 Å². The number of para-hydroxylation sites is 2. The number of nitrogens with one attached hydrogen (secondary N) is 4. The van der Waals surface area contributed by atoms with Crippen LogP contribution in [0.2, 0.25) is 0 Å². The number of H-pyrrole nitrogens is 1. The second kappa shape index (κ2) is 9.52. The average Bonchev–Trinajstić information content (AvgIpc) is 2.86. The van der Waals surface area contributed by atoms with Crippen molar-refractivity contribution >= 4 is 35.0 Å². The van der Waals surface area contributed by atoms with Gasteiger partial charge in [0, 0.05) is 17.8 Å². The molecule has 2 heterocycles. The van der Waals surface area contributed by atoms with Crippen LogP contribution in [0.4, 0.5) is 23.1 Å². The number of hydrogen-bond acceptors (Lipinski definition) is 6. The minimum absolute atomic E-state index is 0.0650. The molecule has 3 aromatic carbocycles. The summed E-state index contributed by atoms with van der Waals surface area (Å²) in [6, 6.07) is 25.3. The Bertz CT molecular complexity index is 1420. The van der Waals surface area contributed by atoms with Gasteiger partial charge < -0.3 is 20.7 Å². The zero-order valence-electron chi connectivity index (χ0n) is 18.4. The van der Waals surface area contributed by atoms with E-state index in [0.29, 0.717) is 22.9 Å². The van der Waals surface area contributed by atoms with Crippen LogP contribution in [0.15, 0.2) is 89.7 Å². The molecular weight excluding hydrogens is 446 g/mol. The Kier molecular flexibility index (Phi) is 5.96. The van der Waals surface area contributed by atoms with Crippen molar-refractivity contribution in [1.82, 2.24) is 9.97 Å². The summed E-state index contributed by atoms with van der Waals surface area (Å²) in [6.07, 6.45) is -0.162. The van der Waals surface area contributed by atoms with Crippen molar-refractivity contribution in [1.29, 1.82) is 0 Å². The number of aromatic amines is 1. The van der Waals surface area contributed by atoms with E-state index in [-0.39, 0.29) is 23.8 Å². The first kappa shape index (κ1) is 21.9. The number of carbonyl (C=O) groups is 2. The maximum atomic E-state index is 13.1. The lowest BCUT2D eigenvalue weighted by atomic mass is 9.92. The molecule has 4 N–H and O–H groups in total. The Balaban J connectivity index is 1.33. The van der Waals surface area contributed by atoms with Gasteiger partial charge in [0.25, 0.3) is 5.56 Å². The predicted octanol–water partition coefficient (Wildman–Crippen LogP) is 4.37. The van der Waals surface area contributed by atoms with Gasteiger partial charge in [0.05, 0.1) is 11.5 Å². The molecular formula is C26H21N5O4. The van der Waals surface area contributed by atoms with Gasteiger partial charge in [-0.1, -0.05) is 36.4 Å². The molecule has 0 saturated heterocycles. The van der Waals surface area contributed by atoms with Crippen molar-refractivity contribution in [3.8, 4) is 11.5 Å². The number of hydrogen-bond donors (Lipinski definition) is 4. The van der Waals surface area contributed by atoms with E-state index in [2.05, 4.69) is 25.9 Å². The third kappa shape index (κ3) is 5.03. The highest BCUT2D eigenvalue weighted by Crippen LogP contribution is 2.30. The molecule has 35 heavy (non-hydrogen) atoms. The number of ether oxygens (including phenoxy) is 1. The van der Waals surface area contributed by atoms with Crippen LogP contribution in [0, 0.1) is 0 Å². The average molecular weight is 467 g/mol. The molecule has 9 nitrogen and oxygen atoms in total. The summed E-state index contributed by atoms with van der Waals surface area (Å²) >= 11 is 0. The van der Waals surface area contributed by atoms with Gasteiger partial charge in [-0.25, -0.2) is 0 Å². The molecule has 1 unspecified atom stereocenters. The molecule has 0 fully saturated rings. The number of amides is 2. The second-order valence-corrected chi connectivity index (χ2v) is 7.90. The van der Waals surface area contributed by atoms with Gasteiger partial charge in [-0.05, 0) is 48.5 Å². The fourth-order valence-corrected chi connectivity index (χ4v) is 3.77. The van der Waals surface area contributed by atoms with Crippen molar-refractivity contribution < 1.29 is 14.3 Å². The topological polar surface area (TPSA) is 125 Å². The number of nitrogens with zero attached hydrogens (tertiary/aromatic N) is 1. The monoisotopic (exact) mass is 467 g/mol. The van der Waals surface area contributed by atoms with E-state index in [0.717, 1.165) is 0 Å². The molecule has 5 rings (SSSR count). The van der Waals surface area contributed by atoms with E-state index in [4.69, 9.17) is 4.74 Å². The molecule has 0 spiro atoms. The first-order valence-electron chi connectivity index (χ1n) is 10.9. The van der Waals surface area contributed by atoms with E-state index < -0.39 is 23.3 Å². The normalized spacial score (nSPS) is 14.4. The lowest BCUT2D eigenvalue weighted by Crippen LogP contribution is -2.36. The van der Waals surface area contributed by atoms with E-state index in [1.54, 1.807) is 24.3 Å². The van der Waals surface area contributed by atoms with Gasteiger partial charge in [-0.2, -0.15) is 4.98 Å². The highest BCUT2D eigenvalue weighted by Gasteiger charge is 2.34. The first-order chi connectivity index (χ1) is 17.0. The van der Waals surface area contributed by atoms with Crippen LogP contribution in [-0.4, -0.2) is 21.8 Å². The number of aromatic nitrogens is 2. The highest BCUT2D eigenvalue weighted by atomic mass is 16.5. The van der Waals surface area contributed by atoms with Crippen molar-refractivity contribution in [2.45, 2.75) is 12.3 Å². The Morgan fingerprint density at radius 2 is 1.51 bits per heavy atom. The molecule has 1 atom stereocenters. The van der Waals surface area contributed by atoms with E-state index in [1.807, 2.05) is 60.7 Å². The number of benzene rings is 3. The van der Waals surface area contributed by atoms with E-state index in [1.165, 1.54) is 0 Å². The molecule has 2 amide bonds. The standard InChI is InChI=1S/C26H21N5O4/c32-21-15-20(22-23(29-21)30-26(31-25(22)34)28-16-7-3-1-4-8-16)24(33)27-17-11-13-19(14-12-17)35-18-9-5-2-6-10-18/h1-14,20H,15H2,(H,27,33)(H3,28,29,30,31,32,34). The summed E-state index contributed by atoms with van der Waals surface area (Å²) in [4.78, 5) is 45.2. The number of anilines is 4. The first-order valence-corrected chi connectivity index (χ1v) is 10.9. The zero-order chi connectivity index (χ0) is 24.2. The Morgan fingerprint density at radius 3 is 2.23 bits per heavy atom. The molecule has 0 aliphatic carbocycles. The van der Waals surface area contributed by atoms with Crippen LogP contribution in [0.25, 0.3) is 0 Å². The third-order valence-corrected chi connectivity index (χ3v) is 5.40. The summed E-state index contributed by atoms with van der Waals surface area (Å²) in [5.41, 5.74) is 0.839. The molecule has 0 radical (unpaired) electrons. The largest absolute Gasteiger partial charge is 0.457 e. The van der Waals surface area contributed by atoms with Crippen molar-refractivity contribution in [2.75, 3.05) is 16.0 Å². The van der Waals surface area contributed by atoms with Gasteiger partial charge in [0.2, 0.25) is 17.8 Å². The number of carbonyl (C=O) groups excluding carboxylic acids is 2. The van der Waals surface area contributed by atoms with Crippen molar-refractivity contribution in [2.24, 2.45) is 0 Å². The minimum atomic E-state index is -0.985. The lowest BCUT2D eigenvalue weighted by Gasteiger charge is -2.23. The molecule has 0 bridgehead atoms. The quantitative estimate of drug-likeness (QED) is 0.334. The third-order valence-electron chi connectivity index (χ3n) is 5.40. The molecule has 1 aliphatic rings. The zero-order valence-corrected chi connectivity index (χ0v) is 18.4. The van der Waals surface area contributed by atoms with Crippen LogP contribution < -0.4 is 26.2 Å². The maximum absolute atomic E-state index is 13.1. The van der Waals surface area contributed by atoms with Crippen LogP contribution in [0.1, 0.15) is 17.9 Å². The van der Waals surface area contributed by atoms with Crippen LogP contribution in [0.3, 0.4) is 0 Å². The summed E-state index contributed by atoms with van der Waals surface area (Å²) in [5.74, 6) is -0.328. The van der Waals surface area contributed by atoms with Gasteiger partial charge in [0.1, 0.15) is 17.3 Å². The Hall–Kier alpha value is -4.92. The summed E-state index contributed by atoms with van der Waals surface area (Å²) < 4.78 is 5.76. The van der Waals surface area contributed by atoms with Gasteiger partial charge in [-0.15, -0.1) is 0 Å². The SMILES string of the molecule is O=C1CC(C(=O)Nc2ccc(Oc3ccccc3)cc2)c2c(nc(Nc3ccccc3)[nH]c2=O)N1. The molecule has 1 aliphatic heterocycles. The summed E-state index contributed by atoms with van der Waals surface area (Å²) in [7, 11) is 0.